The Morgan fingerprint density at radius 2 is 2.00 bits per heavy atom. The van der Waals surface area contributed by atoms with E-state index in [0.29, 0.717) is 11.7 Å². The number of nitrogens with one attached hydrogen (secondary N) is 1. The number of thioether (sulfide) groups is 1. The van der Waals surface area contributed by atoms with Crippen LogP contribution in [-0.4, -0.2) is 25.3 Å². The highest BCUT2D eigenvalue weighted by atomic mass is 32.2. The summed E-state index contributed by atoms with van der Waals surface area (Å²) in [6.45, 7) is 5.20. The van der Waals surface area contributed by atoms with Gasteiger partial charge in [0.1, 0.15) is 5.75 Å². The largest absolute Gasteiger partial charge is 0.497 e. The molecule has 0 aromatic heterocycles. The number of methoxy groups -OCH3 is 1. The van der Waals surface area contributed by atoms with E-state index in [1.165, 1.54) is 19.3 Å². The first kappa shape index (κ1) is 17.9. The van der Waals surface area contributed by atoms with Crippen LogP contribution in [0, 0.1) is 5.92 Å². The second-order valence-electron chi connectivity index (χ2n) is 5.18. The van der Waals surface area contributed by atoms with Gasteiger partial charge in [-0.25, -0.2) is 0 Å². The zero-order valence-corrected chi connectivity index (χ0v) is 14.2. The lowest BCUT2D eigenvalue weighted by atomic mass is 9.99. The van der Waals surface area contributed by atoms with Gasteiger partial charge in [0.05, 0.1) is 12.9 Å². The maximum atomic E-state index is 11.9. The standard InChI is InChI=1S/C17H27NO2S/c1-4-6-7-14(5-2)12-18-17(19)13-21-16-10-8-15(20-3)9-11-16/h8-11,14H,4-7,12-13H2,1-3H3,(H,18,19)/t14-/m1/s1. The lowest BCUT2D eigenvalue weighted by molar-refractivity contribution is -0.118. The Morgan fingerprint density at radius 1 is 1.29 bits per heavy atom. The molecule has 0 radical (unpaired) electrons. The van der Waals surface area contributed by atoms with Gasteiger partial charge in [0.2, 0.25) is 5.91 Å². The summed E-state index contributed by atoms with van der Waals surface area (Å²) in [6.07, 6.45) is 4.80. The summed E-state index contributed by atoms with van der Waals surface area (Å²) in [7, 11) is 1.65. The van der Waals surface area contributed by atoms with Crippen molar-refractivity contribution in [1.29, 1.82) is 0 Å². The minimum Gasteiger partial charge on any atom is -0.497 e. The quantitative estimate of drug-likeness (QED) is 0.661. The van der Waals surface area contributed by atoms with Crippen molar-refractivity contribution in [3.8, 4) is 5.75 Å². The number of rotatable bonds is 10. The molecular formula is C17H27NO2S. The molecule has 1 N–H and O–H groups in total. The zero-order valence-electron chi connectivity index (χ0n) is 13.4. The van der Waals surface area contributed by atoms with E-state index in [1.807, 2.05) is 24.3 Å². The van der Waals surface area contributed by atoms with Gasteiger partial charge >= 0.3 is 0 Å². The van der Waals surface area contributed by atoms with Crippen molar-refractivity contribution in [2.24, 2.45) is 5.92 Å². The fourth-order valence-corrected chi connectivity index (χ4v) is 2.80. The van der Waals surface area contributed by atoms with E-state index in [4.69, 9.17) is 4.74 Å². The van der Waals surface area contributed by atoms with Crippen molar-refractivity contribution in [3.05, 3.63) is 24.3 Å². The Kier molecular flexibility index (Phi) is 8.99. The van der Waals surface area contributed by atoms with Gasteiger partial charge in [0, 0.05) is 11.4 Å². The average molecular weight is 309 g/mol. The van der Waals surface area contributed by atoms with Gasteiger partial charge in [-0.15, -0.1) is 11.8 Å². The van der Waals surface area contributed by atoms with E-state index < -0.39 is 0 Å². The zero-order chi connectivity index (χ0) is 15.5. The molecule has 0 bridgehead atoms. The molecule has 0 aliphatic heterocycles. The van der Waals surface area contributed by atoms with Crippen LogP contribution in [0.5, 0.6) is 5.75 Å². The number of unbranched alkanes of at least 4 members (excludes halogenated alkanes) is 1. The van der Waals surface area contributed by atoms with Gasteiger partial charge < -0.3 is 10.1 Å². The summed E-state index contributed by atoms with van der Waals surface area (Å²) in [5.41, 5.74) is 0. The predicted octanol–water partition coefficient (Wildman–Crippen LogP) is 4.12. The number of ether oxygens (including phenoxy) is 1. The highest BCUT2D eigenvalue weighted by Crippen LogP contribution is 2.21. The van der Waals surface area contributed by atoms with E-state index in [-0.39, 0.29) is 5.91 Å². The van der Waals surface area contributed by atoms with Crippen LogP contribution >= 0.6 is 11.8 Å². The first-order valence-corrected chi connectivity index (χ1v) is 8.71. The van der Waals surface area contributed by atoms with Crippen LogP contribution in [0.1, 0.15) is 39.5 Å². The molecular weight excluding hydrogens is 282 g/mol. The van der Waals surface area contributed by atoms with Gasteiger partial charge in [0.25, 0.3) is 0 Å². The Hall–Kier alpha value is -1.16. The van der Waals surface area contributed by atoms with Crippen LogP contribution in [0.25, 0.3) is 0 Å². The minimum absolute atomic E-state index is 0.116. The summed E-state index contributed by atoms with van der Waals surface area (Å²) in [4.78, 5) is 13.0. The molecule has 3 nitrogen and oxygen atoms in total. The Bertz CT molecular complexity index is 406. The van der Waals surface area contributed by atoms with Gasteiger partial charge in [-0.3, -0.25) is 4.79 Å². The third-order valence-electron chi connectivity index (χ3n) is 3.56. The van der Waals surface area contributed by atoms with Crippen molar-refractivity contribution in [1.82, 2.24) is 5.32 Å². The van der Waals surface area contributed by atoms with Crippen LogP contribution in [0.4, 0.5) is 0 Å². The molecule has 21 heavy (non-hydrogen) atoms. The van der Waals surface area contributed by atoms with Crippen molar-refractivity contribution >= 4 is 17.7 Å². The molecule has 118 valence electrons. The number of benzene rings is 1. The van der Waals surface area contributed by atoms with Crippen LogP contribution in [0.3, 0.4) is 0 Å². The molecule has 0 saturated heterocycles. The fourth-order valence-electron chi connectivity index (χ4n) is 2.07. The third-order valence-corrected chi connectivity index (χ3v) is 4.57. The van der Waals surface area contributed by atoms with Gasteiger partial charge in [-0.2, -0.15) is 0 Å². The Morgan fingerprint density at radius 3 is 2.57 bits per heavy atom. The Balaban J connectivity index is 2.26. The topological polar surface area (TPSA) is 38.3 Å². The molecule has 0 spiro atoms. The lowest BCUT2D eigenvalue weighted by Crippen LogP contribution is -2.30. The first-order chi connectivity index (χ1) is 10.2. The smallest absolute Gasteiger partial charge is 0.230 e. The van der Waals surface area contributed by atoms with Crippen LogP contribution < -0.4 is 10.1 Å². The van der Waals surface area contributed by atoms with Gasteiger partial charge in [-0.05, 0) is 36.6 Å². The summed E-state index contributed by atoms with van der Waals surface area (Å²) in [5, 5.41) is 3.05. The predicted molar refractivity (Wildman–Crippen MR) is 90.0 cm³/mol. The normalized spacial score (nSPS) is 12.0. The highest BCUT2D eigenvalue weighted by molar-refractivity contribution is 8.00. The highest BCUT2D eigenvalue weighted by Gasteiger charge is 2.08. The lowest BCUT2D eigenvalue weighted by Gasteiger charge is -2.15. The molecule has 1 amide bonds. The summed E-state index contributed by atoms with van der Waals surface area (Å²) >= 11 is 1.56. The van der Waals surface area contributed by atoms with E-state index in [0.717, 1.165) is 23.6 Å². The molecule has 1 aromatic rings. The van der Waals surface area contributed by atoms with Crippen LogP contribution in [0.15, 0.2) is 29.2 Å². The van der Waals surface area contributed by atoms with E-state index in [9.17, 15) is 4.79 Å². The number of carbonyl (C=O) groups excluding carboxylic acids is 1. The van der Waals surface area contributed by atoms with Crippen molar-refractivity contribution in [2.45, 2.75) is 44.4 Å². The molecule has 1 rings (SSSR count). The summed E-state index contributed by atoms with van der Waals surface area (Å²) in [6, 6.07) is 7.79. The third kappa shape index (κ3) is 7.42. The molecule has 0 unspecified atom stereocenters. The SMILES string of the molecule is CCCC[C@@H](CC)CNC(=O)CSc1ccc(OC)cc1. The number of hydrogen-bond acceptors (Lipinski definition) is 3. The molecule has 0 aliphatic rings. The monoisotopic (exact) mass is 309 g/mol. The number of hydrogen-bond donors (Lipinski definition) is 1. The molecule has 0 saturated carbocycles. The molecule has 0 fully saturated rings. The molecule has 0 aliphatic carbocycles. The molecule has 0 heterocycles. The second-order valence-corrected chi connectivity index (χ2v) is 6.23. The van der Waals surface area contributed by atoms with Crippen LogP contribution in [0.2, 0.25) is 0 Å². The van der Waals surface area contributed by atoms with Crippen molar-refractivity contribution < 1.29 is 9.53 Å². The van der Waals surface area contributed by atoms with Gasteiger partial charge in [0.15, 0.2) is 0 Å². The Labute approximate surface area is 132 Å². The molecule has 4 heteroatoms. The fraction of sp³-hybridized carbons (Fsp3) is 0.588. The average Bonchev–Trinajstić information content (AvgIpc) is 2.53. The maximum Gasteiger partial charge on any atom is 0.230 e. The van der Waals surface area contributed by atoms with E-state index in [2.05, 4.69) is 19.2 Å². The maximum absolute atomic E-state index is 11.9. The van der Waals surface area contributed by atoms with Crippen LogP contribution in [-0.2, 0) is 4.79 Å². The number of amides is 1. The second kappa shape index (κ2) is 10.6. The molecule has 1 aromatic carbocycles. The molecule has 1 atom stereocenters. The van der Waals surface area contributed by atoms with Crippen molar-refractivity contribution in [3.63, 3.8) is 0 Å². The number of carbonyl (C=O) groups is 1. The van der Waals surface area contributed by atoms with E-state index in [1.54, 1.807) is 18.9 Å². The van der Waals surface area contributed by atoms with Crippen molar-refractivity contribution in [2.75, 3.05) is 19.4 Å². The minimum atomic E-state index is 0.116. The first-order valence-electron chi connectivity index (χ1n) is 7.73. The van der Waals surface area contributed by atoms with Gasteiger partial charge in [-0.1, -0.05) is 33.1 Å². The summed E-state index contributed by atoms with van der Waals surface area (Å²) in [5.74, 6) is 2.03. The summed E-state index contributed by atoms with van der Waals surface area (Å²) < 4.78 is 5.12. The van der Waals surface area contributed by atoms with E-state index >= 15 is 0 Å².